The summed E-state index contributed by atoms with van der Waals surface area (Å²) in [6.45, 7) is 10.7. The smallest absolute Gasteiger partial charge is 0.269 e. The Morgan fingerprint density at radius 3 is 1.42 bits per heavy atom. The zero-order valence-corrected chi connectivity index (χ0v) is 32.6. The molecule has 0 fully saturated rings. The third-order valence-corrected chi connectivity index (χ3v) is 13.6. The Morgan fingerprint density at radius 2 is 0.930 bits per heavy atom. The van der Waals surface area contributed by atoms with Crippen molar-refractivity contribution >= 4 is 39.2 Å². The van der Waals surface area contributed by atoms with Gasteiger partial charge in [-0.2, -0.15) is 26.3 Å². The summed E-state index contributed by atoms with van der Waals surface area (Å²) in [7, 11) is -4.51. The number of amides is 4. The highest BCUT2D eigenvalue weighted by atomic mass is 32.2. The number of rotatable bonds is 10. The van der Waals surface area contributed by atoms with E-state index in [0.717, 1.165) is 59.5 Å². The molecule has 4 amide bonds. The third-order valence-electron chi connectivity index (χ3n) is 11.8. The van der Waals surface area contributed by atoms with Gasteiger partial charge in [-0.15, -0.1) is 0 Å². The van der Waals surface area contributed by atoms with Crippen LogP contribution in [0.5, 0.6) is 0 Å². The van der Waals surface area contributed by atoms with Crippen LogP contribution in [0.1, 0.15) is 125 Å². The lowest BCUT2D eigenvalue weighted by Gasteiger charge is -2.35. The molecule has 0 spiro atoms. The van der Waals surface area contributed by atoms with E-state index in [4.69, 9.17) is 0 Å². The van der Waals surface area contributed by atoms with E-state index in [0.29, 0.717) is 42.2 Å². The molecule has 0 radical (unpaired) electrons. The molecule has 4 aromatic carbocycles. The molecule has 2 aliphatic heterocycles. The fraction of sp³-hybridized carbons (Fsp3) is 0.333. The SMILES string of the molecule is CCC(C)(CC)c1ccc(-c2ccc(N3C(=O)c4ccc(S(=O)(=O)c5ccc6c(c5)C(=O)N(C(C)(CC)CC)C6=O)cc4C3=O)cc2C(F)(F)F)c(C(F)(F)F)c1. The molecular formula is C42H38F6N2O6S. The molecule has 0 N–H and O–H groups in total. The number of halogens is 6. The first-order valence-electron chi connectivity index (χ1n) is 18.2. The fourth-order valence-electron chi connectivity index (χ4n) is 7.39. The van der Waals surface area contributed by atoms with Crippen LogP contribution in [0.2, 0.25) is 0 Å². The first-order chi connectivity index (χ1) is 26.5. The third kappa shape index (κ3) is 6.62. The molecule has 0 saturated heterocycles. The topological polar surface area (TPSA) is 109 Å². The lowest BCUT2D eigenvalue weighted by Crippen LogP contribution is -2.48. The average molecular weight is 813 g/mol. The van der Waals surface area contributed by atoms with Gasteiger partial charge in [0.1, 0.15) is 0 Å². The zero-order chi connectivity index (χ0) is 42.2. The average Bonchev–Trinajstić information content (AvgIpc) is 3.59. The number of sulfone groups is 1. The van der Waals surface area contributed by atoms with Crippen LogP contribution in [0.25, 0.3) is 11.1 Å². The van der Waals surface area contributed by atoms with Crippen molar-refractivity contribution < 1.29 is 53.9 Å². The van der Waals surface area contributed by atoms with E-state index in [1.807, 2.05) is 13.8 Å². The number of carbonyl (C=O) groups is 4. The molecule has 0 unspecified atom stereocenters. The van der Waals surface area contributed by atoms with Gasteiger partial charge in [-0.1, -0.05) is 52.8 Å². The second kappa shape index (κ2) is 14.0. The Morgan fingerprint density at radius 1 is 0.509 bits per heavy atom. The van der Waals surface area contributed by atoms with Crippen molar-refractivity contribution in [2.75, 3.05) is 4.90 Å². The van der Waals surface area contributed by atoms with E-state index in [1.54, 1.807) is 27.7 Å². The summed E-state index contributed by atoms with van der Waals surface area (Å²) in [5, 5.41) is 0. The Balaban J connectivity index is 1.38. The normalized spacial score (nSPS) is 15.2. The molecule has 0 aromatic heterocycles. The first kappa shape index (κ1) is 41.3. The minimum Gasteiger partial charge on any atom is -0.269 e. The molecule has 0 aliphatic carbocycles. The summed E-state index contributed by atoms with van der Waals surface area (Å²) < 4.78 is 115. The Hall–Kier alpha value is -5.31. The summed E-state index contributed by atoms with van der Waals surface area (Å²) in [4.78, 5) is 54.5. The highest BCUT2D eigenvalue weighted by Gasteiger charge is 2.46. The molecule has 2 heterocycles. The van der Waals surface area contributed by atoms with Crippen LogP contribution in [-0.2, 0) is 27.6 Å². The molecule has 0 saturated carbocycles. The number of hydrogen-bond donors (Lipinski definition) is 0. The maximum Gasteiger partial charge on any atom is 0.417 e. The Labute approximate surface area is 325 Å². The van der Waals surface area contributed by atoms with Crippen LogP contribution in [0.15, 0.2) is 82.6 Å². The fourth-order valence-corrected chi connectivity index (χ4v) is 8.70. The molecular weight excluding hydrogens is 775 g/mol. The molecule has 0 bridgehead atoms. The Bertz CT molecular complexity index is 2480. The minimum absolute atomic E-state index is 0.0179. The van der Waals surface area contributed by atoms with E-state index in [9.17, 15) is 53.9 Å². The van der Waals surface area contributed by atoms with Crippen molar-refractivity contribution in [3.8, 4) is 11.1 Å². The maximum atomic E-state index is 14.7. The van der Waals surface area contributed by atoms with Crippen molar-refractivity contribution in [2.45, 2.75) is 100 Å². The molecule has 300 valence electrons. The van der Waals surface area contributed by atoms with Crippen LogP contribution in [0, 0.1) is 0 Å². The highest BCUT2D eigenvalue weighted by Crippen LogP contribution is 2.46. The van der Waals surface area contributed by atoms with Gasteiger partial charge in [-0.05, 0) is 109 Å². The maximum absolute atomic E-state index is 14.7. The summed E-state index contributed by atoms with van der Waals surface area (Å²) >= 11 is 0. The first-order valence-corrected chi connectivity index (χ1v) is 19.7. The number of alkyl halides is 6. The quantitative estimate of drug-likeness (QED) is 0.117. The van der Waals surface area contributed by atoms with Crippen molar-refractivity contribution in [1.82, 2.24) is 4.90 Å². The van der Waals surface area contributed by atoms with Crippen LogP contribution in [0.3, 0.4) is 0 Å². The van der Waals surface area contributed by atoms with Crippen LogP contribution in [-0.4, -0.2) is 42.5 Å². The van der Waals surface area contributed by atoms with E-state index < -0.39 is 100 Å². The molecule has 0 atom stereocenters. The second-order valence-corrected chi connectivity index (χ2v) is 16.7. The predicted octanol–water partition coefficient (Wildman–Crippen LogP) is 10.3. The van der Waals surface area contributed by atoms with Crippen LogP contribution < -0.4 is 4.90 Å². The predicted molar refractivity (Wildman–Crippen MR) is 199 cm³/mol. The summed E-state index contributed by atoms with van der Waals surface area (Å²) in [5.41, 5.74) is -7.07. The van der Waals surface area contributed by atoms with Crippen molar-refractivity contribution in [2.24, 2.45) is 0 Å². The molecule has 4 aromatic rings. The van der Waals surface area contributed by atoms with E-state index in [2.05, 4.69) is 0 Å². The van der Waals surface area contributed by atoms with Gasteiger partial charge in [0.05, 0.1) is 48.9 Å². The second-order valence-electron chi connectivity index (χ2n) is 14.8. The lowest BCUT2D eigenvalue weighted by atomic mass is 9.76. The van der Waals surface area contributed by atoms with E-state index in [1.165, 1.54) is 12.1 Å². The monoisotopic (exact) mass is 812 g/mol. The summed E-state index contributed by atoms with van der Waals surface area (Å²) in [6, 6.07) is 11.7. The van der Waals surface area contributed by atoms with Gasteiger partial charge in [0.25, 0.3) is 23.6 Å². The number of nitrogens with zero attached hydrogens (tertiary/aromatic N) is 2. The van der Waals surface area contributed by atoms with Gasteiger partial charge in [0, 0.05) is 5.54 Å². The van der Waals surface area contributed by atoms with Crippen molar-refractivity contribution in [3.63, 3.8) is 0 Å². The number of hydrogen-bond acceptors (Lipinski definition) is 6. The van der Waals surface area contributed by atoms with E-state index >= 15 is 0 Å². The summed E-state index contributed by atoms with van der Waals surface area (Å²) in [5.74, 6) is -3.50. The number of anilines is 1. The zero-order valence-electron chi connectivity index (χ0n) is 31.8. The highest BCUT2D eigenvalue weighted by molar-refractivity contribution is 7.91. The molecule has 6 rings (SSSR count). The van der Waals surface area contributed by atoms with Gasteiger partial charge in [0.15, 0.2) is 0 Å². The Kier molecular flexibility index (Phi) is 10.1. The number of imide groups is 2. The molecule has 8 nitrogen and oxygen atoms in total. The van der Waals surface area contributed by atoms with Crippen molar-refractivity contribution in [1.29, 1.82) is 0 Å². The van der Waals surface area contributed by atoms with Gasteiger partial charge in [0.2, 0.25) is 9.84 Å². The standard InChI is InChI=1S/C42H38F6N2O6S/c1-7-39(5,8-2)23-11-15-27(33(19-23)41(43,44)45)28-16-12-24(20-34(28)42(46,47)48)49-35(51)29-17-13-25(21-31(29)36(49)52)57(55,56)26-14-18-30-32(22-26)38(54)50(37(30)53)40(6,9-3)10-4/h11-22H,7-10H2,1-6H3. The molecule has 57 heavy (non-hydrogen) atoms. The number of carbonyl (C=O) groups excluding carboxylic acids is 4. The van der Waals surface area contributed by atoms with Gasteiger partial charge >= 0.3 is 12.4 Å². The van der Waals surface area contributed by atoms with Crippen LogP contribution >= 0.6 is 0 Å². The molecule has 2 aliphatic rings. The van der Waals surface area contributed by atoms with Gasteiger partial charge in [-0.3, -0.25) is 24.1 Å². The van der Waals surface area contributed by atoms with Gasteiger partial charge in [-0.25, -0.2) is 13.3 Å². The largest absolute Gasteiger partial charge is 0.417 e. The molecule has 15 heteroatoms. The van der Waals surface area contributed by atoms with Crippen LogP contribution in [0.4, 0.5) is 32.0 Å². The van der Waals surface area contributed by atoms with Gasteiger partial charge < -0.3 is 0 Å². The van der Waals surface area contributed by atoms with Crippen molar-refractivity contribution in [3.05, 3.63) is 112 Å². The number of benzene rings is 4. The minimum atomic E-state index is -5.24. The summed E-state index contributed by atoms with van der Waals surface area (Å²) in [6.07, 6.45) is -8.42. The lowest BCUT2D eigenvalue weighted by molar-refractivity contribution is -0.139. The van der Waals surface area contributed by atoms with E-state index in [-0.39, 0.29) is 16.7 Å². The number of fused-ring (bicyclic) bond motifs is 2.